The Labute approximate surface area is 309 Å². The average Bonchev–Trinajstić information content (AvgIpc) is 3.69. The van der Waals surface area contributed by atoms with E-state index in [0.717, 1.165) is 17.1 Å². The lowest BCUT2D eigenvalue weighted by Gasteiger charge is -2.22. The summed E-state index contributed by atoms with van der Waals surface area (Å²) in [7, 11) is 0. The van der Waals surface area contributed by atoms with Gasteiger partial charge in [-0.1, -0.05) is 176 Å². The van der Waals surface area contributed by atoms with Gasteiger partial charge in [-0.05, 0) is 113 Å². The number of hydrogen-bond donors (Lipinski definition) is 0. The number of aromatic nitrogens is 1. The Bertz CT molecular complexity index is 2850. The lowest BCUT2D eigenvalue weighted by Crippen LogP contribution is -2.00. The summed E-state index contributed by atoms with van der Waals surface area (Å²) in [4.78, 5) is 0. The molecule has 0 atom stereocenters. The maximum Gasteiger partial charge on any atom is 0.0535 e. The summed E-state index contributed by atoms with van der Waals surface area (Å²) in [5, 5.41) is 7.41. The minimum Gasteiger partial charge on any atom is -0.309 e. The summed E-state index contributed by atoms with van der Waals surface area (Å²) in [6.07, 6.45) is 0. The van der Waals surface area contributed by atoms with Crippen molar-refractivity contribution in [2.75, 3.05) is 0 Å². The normalized spacial score (nSPS) is 11.4. The van der Waals surface area contributed by atoms with Gasteiger partial charge in [0.05, 0.1) is 11.4 Å². The van der Waals surface area contributed by atoms with Crippen LogP contribution in [0.15, 0.2) is 212 Å². The summed E-state index contributed by atoms with van der Waals surface area (Å²) >= 11 is 0. The minimum atomic E-state index is 1.13. The quantitative estimate of drug-likeness (QED) is 0.155. The van der Waals surface area contributed by atoms with E-state index in [1.54, 1.807) is 0 Å². The van der Waals surface area contributed by atoms with Crippen LogP contribution in [-0.4, -0.2) is 4.57 Å². The largest absolute Gasteiger partial charge is 0.309 e. The van der Waals surface area contributed by atoms with E-state index < -0.39 is 0 Å². The van der Waals surface area contributed by atoms with Gasteiger partial charge in [0.25, 0.3) is 0 Å². The molecule has 1 heteroatoms. The van der Waals surface area contributed by atoms with Gasteiger partial charge in [-0.25, -0.2) is 0 Å². The molecule has 10 aromatic rings. The highest BCUT2D eigenvalue weighted by Crippen LogP contribution is 2.48. The molecule has 0 aliphatic carbocycles. The molecule has 0 saturated heterocycles. The van der Waals surface area contributed by atoms with Crippen LogP contribution in [0.25, 0.3) is 93.9 Å². The molecule has 10 rings (SSSR count). The Morgan fingerprint density at radius 2 is 0.698 bits per heavy atom. The SMILES string of the molecule is c1ccc(-c2cc3ccccc3cc2-c2c3ccccc3c(-c3ccccc3)c3cc(-n4c(-c5ccccc5)ccc4-c4ccccc4)ccc23)cc1. The fourth-order valence-corrected chi connectivity index (χ4v) is 8.20. The van der Waals surface area contributed by atoms with Crippen LogP contribution in [0, 0.1) is 0 Å². The second-order valence-corrected chi connectivity index (χ2v) is 13.7. The standard InChI is InChI=1S/C52H35N/c1-5-17-36(18-6-1)46-33-40-25-13-14-26-41(40)34-47(46)52-44-28-16-15-27-43(44)51(39-23-11-4-12-24-39)48-35-42(29-30-45(48)52)53-49(37-19-7-2-8-20-37)31-32-50(53)38-21-9-3-10-22-38/h1-35H. The fourth-order valence-electron chi connectivity index (χ4n) is 8.20. The Balaban J connectivity index is 1.34. The van der Waals surface area contributed by atoms with E-state index in [1.165, 1.54) is 76.8 Å². The molecule has 0 spiro atoms. The van der Waals surface area contributed by atoms with Gasteiger partial charge in [0, 0.05) is 5.69 Å². The number of nitrogens with zero attached hydrogens (tertiary/aromatic N) is 1. The maximum atomic E-state index is 2.43. The molecule has 0 amide bonds. The predicted octanol–water partition coefficient (Wildman–Crippen LogP) is 14.3. The van der Waals surface area contributed by atoms with Gasteiger partial charge in [0.1, 0.15) is 0 Å². The lowest BCUT2D eigenvalue weighted by atomic mass is 9.83. The van der Waals surface area contributed by atoms with Crippen molar-refractivity contribution < 1.29 is 0 Å². The lowest BCUT2D eigenvalue weighted by molar-refractivity contribution is 1.10. The molecule has 53 heavy (non-hydrogen) atoms. The molecule has 0 radical (unpaired) electrons. The highest BCUT2D eigenvalue weighted by molar-refractivity contribution is 6.23. The minimum absolute atomic E-state index is 1.13. The molecular formula is C52H35N. The number of hydrogen-bond acceptors (Lipinski definition) is 0. The zero-order valence-electron chi connectivity index (χ0n) is 29.2. The predicted molar refractivity (Wildman–Crippen MR) is 225 cm³/mol. The molecule has 1 aromatic heterocycles. The van der Waals surface area contributed by atoms with Gasteiger partial charge in [0.15, 0.2) is 0 Å². The summed E-state index contributed by atoms with van der Waals surface area (Å²) in [5.41, 5.74) is 13.2. The molecule has 9 aromatic carbocycles. The second kappa shape index (κ2) is 13.0. The van der Waals surface area contributed by atoms with Crippen LogP contribution in [0.5, 0.6) is 0 Å². The number of benzene rings is 9. The van der Waals surface area contributed by atoms with Crippen molar-refractivity contribution in [1.82, 2.24) is 4.57 Å². The van der Waals surface area contributed by atoms with Gasteiger partial charge in [0.2, 0.25) is 0 Å². The first-order valence-electron chi connectivity index (χ1n) is 18.3. The molecular weight excluding hydrogens is 639 g/mol. The van der Waals surface area contributed by atoms with Gasteiger partial charge in [-0.2, -0.15) is 0 Å². The summed E-state index contributed by atoms with van der Waals surface area (Å²) in [6, 6.07) is 77.3. The zero-order chi connectivity index (χ0) is 35.1. The average molecular weight is 674 g/mol. The molecule has 0 fully saturated rings. The van der Waals surface area contributed by atoms with Gasteiger partial charge >= 0.3 is 0 Å². The van der Waals surface area contributed by atoms with Crippen LogP contribution in [0.1, 0.15) is 0 Å². The van der Waals surface area contributed by atoms with E-state index in [-0.39, 0.29) is 0 Å². The third-order valence-corrected chi connectivity index (χ3v) is 10.6. The van der Waals surface area contributed by atoms with E-state index in [2.05, 4.69) is 217 Å². The third-order valence-electron chi connectivity index (χ3n) is 10.6. The molecule has 0 N–H and O–H groups in total. The molecule has 1 nitrogen and oxygen atoms in total. The van der Waals surface area contributed by atoms with Crippen molar-refractivity contribution in [2.45, 2.75) is 0 Å². The molecule has 0 aliphatic heterocycles. The monoisotopic (exact) mass is 673 g/mol. The molecule has 0 saturated carbocycles. The smallest absolute Gasteiger partial charge is 0.0535 e. The molecule has 0 unspecified atom stereocenters. The van der Waals surface area contributed by atoms with E-state index >= 15 is 0 Å². The van der Waals surface area contributed by atoms with Crippen LogP contribution in [-0.2, 0) is 0 Å². The van der Waals surface area contributed by atoms with E-state index in [9.17, 15) is 0 Å². The number of rotatable bonds is 6. The van der Waals surface area contributed by atoms with E-state index in [4.69, 9.17) is 0 Å². The van der Waals surface area contributed by atoms with Crippen molar-refractivity contribution >= 4 is 32.3 Å². The third kappa shape index (κ3) is 5.34. The molecule has 0 bridgehead atoms. The first-order chi connectivity index (χ1) is 26.3. The summed E-state index contributed by atoms with van der Waals surface area (Å²) in [6.45, 7) is 0. The highest BCUT2D eigenvalue weighted by Gasteiger charge is 2.22. The van der Waals surface area contributed by atoms with Gasteiger partial charge in [-0.15, -0.1) is 0 Å². The Morgan fingerprint density at radius 1 is 0.264 bits per heavy atom. The van der Waals surface area contributed by atoms with E-state index in [0.29, 0.717) is 0 Å². The first-order valence-corrected chi connectivity index (χ1v) is 18.3. The van der Waals surface area contributed by atoms with Crippen molar-refractivity contribution in [3.8, 4) is 61.6 Å². The highest BCUT2D eigenvalue weighted by atomic mass is 15.0. The van der Waals surface area contributed by atoms with Gasteiger partial charge in [-0.3, -0.25) is 0 Å². The van der Waals surface area contributed by atoms with Crippen LogP contribution in [0.2, 0.25) is 0 Å². The first kappa shape index (κ1) is 30.8. The zero-order valence-corrected chi connectivity index (χ0v) is 29.2. The van der Waals surface area contributed by atoms with Crippen molar-refractivity contribution in [3.05, 3.63) is 212 Å². The Morgan fingerprint density at radius 3 is 1.26 bits per heavy atom. The summed E-state index contributed by atoms with van der Waals surface area (Å²) in [5.74, 6) is 0. The van der Waals surface area contributed by atoms with Crippen LogP contribution >= 0.6 is 0 Å². The van der Waals surface area contributed by atoms with E-state index in [1.807, 2.05) is 0 Å². The second-order valence-electron chi connectivity index (χ2n) is 13.7. The molecule has 1 heterocycles. The maximum absolute atomic E-state index is 2.43. The van der Waals surface area contributed by atoms with Gasteiger partial charge < -0.3 is 4.57 Å². The van der Waals surface area contributed by atoms with Crippen LogP contribution < -0.4 is 0 Å². The van der Waals surface area contributed by atoms with Crippen molar-refractivity contribution in [2.24, 2.45) is 0 Å². The fraction of sp³-hybridized carbons (Fsp3) is 0. The van der Waals surface area contributed by atoms with Crippen LogP contribution in [0.4, 0.5) is 0 Å². The van der Waals surface area contributed by atoms with Crippen molar-refractivity contribution in [3.63, 3.8) is 0 Å². The number of fused-ring (bicyclic) bond motifs is 3. The van der Waals surface area contributed by atoms with Crippen LogP contribution in [0.3, 0.4) is 0 Å². The molecule has 248 valence electrons. The summed E-state index contributed by atoms with van der Waals surface area (Å²) < 4.78 is 2.43. The Hall–Kier alpha value is -6.96. The van der Waals surface area contributed by atoms with Crippen molar-refractivity contribution in [1.29, 1.82) is 0 Å². The molecule has 0 aliphatic rings. The Kier molecular flexibility index (Phi) is 7.55. The topological polar surface area (TPSA) is 4.93 Å².